The predicted octanol–water partition coefficient (Wildman–Crippen LogP) is 5.76. The van der Waals surface area contributed by atoms with Gasteiger partial charge in [0.1, 0.15) is 17.4 Å². The molecule has 5 rings (SSSR count). The molecule has 1 atom stereocenters. The highest BCUT2D eigenvalue weighted by atomic mass is 35.5. The molecule has 2 heterocycles. The Bertz CT molecular complexity index is 1290. The number of hydrogen-bond acceptors (Lipinski definition) is 4. The summed E-state index contributed by atoms with van der Waals surface area (Å²) in [5.41, 5.74) is 4.55. The van der Waals surface area contributed by atoms with E-state index in [-0.39, 0.29) is 17.1 Å². The highest BCUT2D eigenvalue weighted by Crippen LogP contribution is 2.46. The number of fused-ring (bicyclic) bond motifs is 1. The van der Waals surface area contributed by atoms with Crippen LogP contribution in [0.4, 0.5) is 11.5 Å². The van der Waals surface area contributed by atoms with Crippen molar-refractivity contribution < 1.29 is 9.59 Å². The molecule has 2 N–H and O–H groups in total. The van der Waals surface area contributed by atoms with Crippen LogP contribution in [-0.4, -0.2) is 21.5 Å². The summed E-state index contributed by atoms with van der Waals surface area (Å²) in [4.78, 5) is 26.4. The molecular formula is C26H25ClN4O2. The van der Waals surface area contributed by atoms with Crippen LogP contribution >= 0.6 is 11.6 Å². The Labute approximate surface area is 197 Å². The van der Waals surface area contributed by atoms with Gasteiger partial charge >= 0.3 is 0 Å². The fraction of sp³-hybridized carbons (Fsp3) is 0.269. The number of nitrogens with zero attached hydrogens (tertiary/aromatic N) is 2. The van der Waals surface area contributed by atoms with Gasteiger partial charge in [-0.15, -0.1) is 0 Å². The number of hydrogen-bond donors (Lipinski definition) is 2. The summed E-state index contributed by atoms with van der Waals surface area (Å²) in [5.74, 6) is 0.428. The number of ketones is 1. The largest absolute Gasteiger partial charge is 0.343 e. The topological polar surface area (TPSA) is 76.0 Å². The van der Waals surface area contributed by atoms with Gasteiger partial charge in [-0.25, -0.2) is 4.68 Å². The van der Waals surface area contributed by atoms with Crippen LogP contribution in [0.5, 0.6) is 0 Å². The summed E-state index contributed by atoms with van der Waals surface area (Å²) in [6, 6.07) is 14.7. The molecule has 0 fully saturated rings. The molecule has 0 radical (unpaired) electrons. The zero-order valence-corrected chi connectivity index (χ0v) is 19.5. The maximum Gasteiger partial charge on any atom is 0.261 e. The second-order valence-electron chi connectivity index (χ2n) is 9.58. The van der Waals surface area contributed by atoms with Crippen molar-refractivity contribution in [3.8, 4) is 0 Å². The molecule has 0 saturated carbocycles. The summed E-state index contributed by atoms with van der Waals surface area (Å²) in [6.45, 7) is 6.17. The lowest BCUT2D eigenvalue weighted by Gasteiger charge is -2.39. The Hall–Kier alpha value is -3.38. The molecule has 0 saturated heterocycles. The fourth-order valence-electron chi connectivity index (χ4n) is 4.67. The quantitative estimate of drug-likeness (QED) is 0.521. The van der Waals surface area contributed by atoms with Crippen LogP contribution in [0.25, 0.3) is 0 Å². The van der Waals surface area contributed by atoms with E-state index in [9.17, 15) is 9.59 Å². The summed E-state index contributed by atoms with van der Waals surface area (Å²) < 4.78 is 1.74. The number of anilines is 2. The molecule has 2 aliphatic rings. The molecule has 3 aromatic rings. The van der Waals surface area contributed by atoms with Crippen molar-refractivity contribution in [2.45, 2.75) is 39.7 Å². The number of Topliss-reactive ketones (excluding diaryl/α,β-unsaturated/α-hetero) is 1. The van der Waals surface area contributed by atoms with Crippen LogP contribution in [0.2, 0.25) is 5.02 Å². The van der Waals surface area contributed by atoms with E-state index in [1.807, 2.05) is 55.5 Å². The number of benzene rings is 2. The highest BCUT2D eigenvalue weighted by molar-refractivity contribution is 6.30. The Morgan fingerprint density at radius 1 is 1.12 bits per heavy atom. The lowest BCUT2D eigenvalue weighted by Crippen LogP contribution is -2.36. The van der Waals surface area contributed by atoms with Crippen molar-refractivity contribution in [3.63, 3.8) is 0 Å². The first-order valence-corrected chi connectivity index (χ1v) is 11.3. The normalized spacial score (nSPS) is 18.9. The first kappa shape index (κ1) is 21.5. The summed E-state index contributed by atoms with van der Waals surface area (Å²) in [6.07, 6.45) is 2.74. The minimum atomic E-state index is -0.418. The van der Waals surface area contributed by atoms with E-state index in [1.54, 1.807) is 10.9 Å². The van der Waals surface area contributed by atoms with Crippen molar-refractivity contribution >= 4 is 34.8 Å². The molecule has 1 aliphatic carbocycles. The van der Waals surface area contributed by atoms with Crippen molar-refractivity contribution in [2.24, 2.45) is 5.41 Å². The number of halogens is 1. The summed E-state index contributed by atoms with van der Waals surface area (Å²) in [7, 11) is 0. The second kappa shape index (κ2) is 7.89. The Balaban J connectivity index is 1.58. The van der Waals surface area contributed by atoms with E-state index in [0.29, 0.717) is 40.5 Å². The lowest BCUT2D eigenvalue weighted by atomic mass is 9.73. The van der Waals surface area contributed by atoms with Crippen molar-refractivity contribution in [1.29, 1.82) is 0 Å². The minimum absolute atomic E-state index is 0.0977. The van der Waals surface area contributed by atoms with Gasteiger partial charge in [0.15, 0.2) is 5.78 Å². The maximum atomic E-state index is 13.3. The monoisotopic (exact) mass is 460 g/mol. The van der Waals surface area contributed by atoms with Crippen LogP contribution in [0.3, 0.4) is 0 Å². The first-order chi connectivity index (χ1) is 15.7. The van der Waals surface area contributed by atoms with Gasteiger partial charge in [0.2, 0.25) is 0 Å². The van der Waals surface area contributed by atoms with Crippen LogP contribution in [-0.2, 0) is 4.79 Å². The number of allylic oxidation sites excluding steroid dienone is 2. The number of aryl methyl sites for hydroxylation is 1. The van der Waals surface area contributed by atoms with Crippen molar-refractivity contribution in [3.05, 3.63) is 87.7 Å². The summed E-state index contributed by atoms with van der Waals surface area (Å²) in [5, 5.41) is 11.5. The highest BCUT2D eigenvalue weighted by Gasteiger charge is 2.42. The molecular weight excluding hydrogens is 436 g/mol. The average Bonchev–Trinajstić information content (AvgIpc) is 3.17. The van der Waals surface area contributed by atoms with Gasteiger partial charge in [-0.05, 0) is 48.6 Å². The number of carbonyl (C=O) groups is 2. The number of amides is 1. The van der Waals surface area contributed by atoms with E-state index in [0.717, 1.165) is 16.8 Å². The zero-order chi connectivity index (χ0) is 23.3. The van der Waals surface area contributed by atoms with Crippen LogP contribution in [0.1, 0.15) is 54.2 Å². The van der Waals surface area contributed by atoms with E-state index in [4.69, 9.17) is 11.6 Å². The number of rotatable bonds is 3. The van der Waals surface area contributed by atoms with Gasteiger partial charge in [0, 0.05) is 28.4 Å². The lowest BCUT2D eigenvalue weighted by molar-refractivity contribution is -0.118. The van der Waals surface area contributed by atoms with Gasteiger partial charge in [-0.1, -0.05) is 55.3 Å². The third kappa shape index (κ3) is 3.95. The molecule has 2 aromatic carbocycles. The van der Waals surface area contributed by atoms with Gasteiger partial charge < -0.3 is 10.6 Å². The molecule has 1 aliphatic heterocycles. The third-order valence-corrected chi connectivity index (χ3v) is 6.49. The van der Waals surface area contributed by atoms with E-state index < -0.39 is 6.04 Å². The molecule has 7 heteroatoms. The van der Waals surface area contributed by atoms with Gasteiger partial charge in [0.25, 0.3) is 5.91 Å². The van der Waals surface area contributed by atoms with Crippen LogP contribution < -0.4 is 10.6 Å². The average molecular weight is 461 g/mol. The fourth-order valence-corrected chi connectivity index (χ4v) is 4.79. The molecule has 1 aromatic heterocycles. The van der Waals surface area contributed by atoms with E-state index in [1.165, 1.54) is 0 Å². The van der Waals surface area contributed by atoms with Crippen molar-refractivity contribution in [2.75, 3.05) is 10.6 Å². The predicted molar refractivity (Wildman–Crippen MR) is 130 cm³/mol. The standard InChI is InChI=1S/C26H25ClN4O2/c1-15-4-10-18(11-5-15)29-25(33)19-14-28-31-23(16-6-8-17(27)9-7-16)22-20(30-24(19)31)12-26(2,3)13-21(22)32/h4-11,14,23,30H,12-13H2,1-3H3,(H,29,33). The zero-order valence-electron chi connectivity index (χ0n) is 18.8. The van der Waals surface area contributed by atoms with E-state index >= 15 is 0 Å². The van der Waals surface area contributed by atoms with Gasteiger partial charge in [-0.3, -0.25) is 9.59 Å². The molecule has 1 amide bonds. The summed E-state index contributed by atoms with van der Waals surface area (Å²) >= 11 is 6.12. The van der Waals surface area contributed by atoms with Crippen LogP contribution in [0.15, 0.2) is 66.0 Å². The smallest absolute Gasteiger partial charge is 0.261 e. The van der Waals surface area contributed by atoms with E-state index in [2.05, 4.69) is 29.6 Å². The molecule has 168 valence electrons. The number of nitrogens with one attached hydrogen (secondary N) is 2. The van der Waals surface area contributed by atoms with Gasteiger partial charge in [0.05, 0.1) is 6.20 Å². The molecule has 0 bridgehead atoms. The van der Waals surface area contributed by atoms with Crippen LogP contribution in [0, 0.1) is 12.3 Å². The first-order valence-electron chi connectivity index (χ1n) is 11.0. The molecule has 0 spiro atoms. The third-order valence-electron chi connectivity index (χ3n) is 6.24. The minimum Gasteiger partial charge on any atom is -0.343 e. The number of carbonyl (C=O) groups excluding carboxylic acids is 2. The SMILES string of the molecule is Cc1ccc(NC(=O)c2cnn3c2NC2=C(C(=O)CC(C)(C)C2)C3c2ccc(Cl)cc2)cc1. The molecule has 33 heavy (non-hydrogen) atoms. The van der Waals surface area contributed by atoms with Crippen molar-refractivity contribution in [1.82, 2.24) is 9.78 Å². The Morgan fingerprint density at radius 3 is 2.52 bits per heavy atom. The Kier molecular flexibility index (Phi) is 5.13. The molecule has 6 nitrogen and oxygen atoms in total. The maximum absolute atomic E-state index is 13.3. The van der Waals surface area contributed by atoms with Gasteiger partial charge in [-0.2, -0.15) is 5.10 Å². The molecule has 1 unspecified atom stereocenters. The Morgan fingerprint density at radius 2 is 1.82 bits per heavy atom. The number of aromatic nitrogens is 2. The second-order valence-corrected chi connectivity index (χ2v) is 10.0.